The first-order valence-corrected chi connectivity index (χ1v) is 10.4. The lowest BCUT2D eigenvalue weighted by Gasteiger charge is -2.30. The predicted octanol–water partition coefficient (Wildman–Crippen LogP) is 5.19. The molecule has 1 heterocycles. The molecule has 2 aromatic rings. The Morgan fingerprint density at radius 3 is 2.21 bits per heavy atom. The van der Waals surface area contributed by atoms with Gasteiger partial charge in [-0.2, -0.15) is 0 Å². The zero-order chi connectivity index (χ0) is 16.9. The van der Waals surface area contributed by atoms with Crippen molar-refractivity contribution in [3.63, 3.8) is 0 Å². The summed E-state index contributed by atoms with van der Waals surface area (Å²) in [5.74, 6) is -1.47. The molecule has 2 aliphatic rings. The second-order valence-electron chi connectivity index (χ2n) is 7.10. The smallest absolute Gasteiger partial charge is 0.254 e. The highest BCUT2D eigenvalue weighted by atomic mass is 31.2. The molecule has 0 radical (unpaired) electrons. The maximum absolute atomic E-state index is 15.5. The van der Waals surface area contributed by atoms with E-state index in [4.69, 9.17) is 0 Å². The molecule has 2 aromatic carbocycles. The lowest BCUT2D eigenvalue weighted by molar-refractivity contribution is 0.233. The summed E-state index contributed by atoms with van der Waals surface area (Å²) in [5.41, 5.74) is 0.523. The van der Waals surface area contributed by atoms with Crippen molar-refractivity contribution in [2.45, 2.75) is 43.7 Å². The van der Waals surface area contributed by atoms with Crippen molar-refractivity contribution in [3.8, 4) is 0 Å². The molecule has 0 spiro atoms. The monoisotopic (exact) mass is 346 g/mol. The van der Waals surface area contributed by atoms with Crippen molar-refractivity contribution < 1.29 is 8.96 Å². The van der Waals surface area contributed by atoms with Crippen LogP contribution in [0.15, 0.2) is 42.5 Å². The summed E-state index contributed by atoms with van der Waals surface area (Å²) in [6.07, 6.45) is 4.32. The Morgan fingerprint density at radius 2 is 1.58 bits per heavy atom. The summed E-state index contributed by atoms with van der Waals surface area (Å²) in [6, 6.07) is 13.9. The second-order valence-corrected chi connectivity index (χ2v) is 9.99. The summed E-state index contributed by atoms with van der Waals surface area (Å²) < 4.78 is 33.0. The predicted molar refractivity (Wildman–Crippen MR) is 97.0 cm³/mol. The molecule has 1 saturated carbocycles. The zero-order valence-corrected chi connectivity index (χ0v) is 15.1. The number of alkyl halides is 1. The van der Waals surface area contributed by atoms with Gasteiger partial charge in [0, 0.05) is 12.1 Å². The fourth-order valence-electron chi connectivity index (χ4n) is 4.48. The Kier molecular flexibility index (Phi) is 4.03. The van der Waals surface area contributed by atoms with Crippen LogP contribution in [0.25, 0.3) is 10.8 Å². The van der Waals surface area contributed by atoms with E-state index in [1.165, 1.54) is 0 Å². The summed E-state index contributed by atoms with van der Waals surface area (Å²) in [5, 5.41) is 2.07. The molecule has 3 nitrogen and oxygen atoms in total. The summed E-state index contributed by atoms with van der Waals surface area (Å²) in [4.78, 5) is 0. The molecule has 5 heteroatoms. The number of fused-ring (bicyclic) bond motifs is 2. The van der Waals surface area contributed by atoms with Crippen LogP contribution in [0.1, 0.15) is 37.2 Å². The Bertz CT molecular complexity index is 789. The van der Waals surface area contributed by atoms with Crippen LogP contribution >= 0.6 is 7.44 Å². The Labute approximate surface area is 142 Å². The highest BCUT2D eigenvalue weighted by molar-refractivity contribution is 7.59. The molecule has 24 heavy (non-hydrogen) atoms. The Hall–Kier alpha value is -1.22. The average Bonchev–Trinajstić information content (AvgIpc) is 2.83. The van der Waals surface area contributed by atoms with Crippen LogP contribution in [-0.4, -0.2) is 35.5 Å². The van der Waals surface area contributed by atoms with E-state index in [2.05, 4.69) is 0 Å². The first-order valence-electron chi connectivity index (χ1n) is 8.72. The Balaban J connectivity index is 1.73. The van der Waals surface area contributed by atoms with E-state index in [1.807, 2.05) is 59.8 Å². The van der Waals surface area contributed by atoms with E-state index in [9.17, 15) is 4.57 Å². The van der Waals surface area contributed by atoms with Crippen molar-refractivity contribution in [2.24, 2.45) is 0 Å². The standard InChI is InChI=1S/C19H24FN2OP/c1-21-17-9-5-6-10-18(17)22(2)24(21,23)19(20)16-12-11-14-7-3-4-8-15(14)13-16/h3-4,7-8,11-13,17-19H,5-6,9-10H2,1-2H3/t17-,18-,19?/m1/s1. The van der Waals surface area contributed by atoms with Crippen LogP contribution in [-0.2, 0) is 4.57 Å². The molecule has 0 N–H and O–H groups in total. The fraction of sp³-hybridized carbons (Fsp3) is 0.474. The summed E-state index contributed by atoms with van der Waals surface area (Å²) >= 11 is 0. The van der Waals surface area contributed by atoms with Crippen molar-refractivity contribution in [3.05, 3.63) is 48.0 Å². The molecule has 1 aliphatic carbocycles. The number of nitrogens with zero attached hydrogens (tertiary/aromatic N) is 2. The third-order valence-electron chi connectivity index (χ3n) is 5.90. The molecule has 0 aromatic heterocycles. The van der Waals surface area contributed by atoms with Crippen molar-refractivity contribution in [2.75, 3.05) is 14.1 Å². The van der Waals surface area contributed by atoms with Crippen LogP contribution < -0.4 is 0 Å². The molecule has 128 valence electrons. The second kappa shape index (κ2) is 5.94. The van der Waals surface area contributed by atoms with Crippen LogP contribution in [0.5, 0.6) is 0 Å². The first-order chi connectivity index (χ1) is 11.5. The van der Waals surface area contributed by atoms with E-state index >= 15 is 4.39 Å². The van der Waals surface area contributed by atoms with E-state index in [0.717, 1.165) is 36.5 Å². The molecule has 0 amide bonds. The van der Waals surface area contributed by atoms with Gasteiger partial charge in [0.25, 0.3) is 7.44 Å². The fourth-order valence-corrected chi connectivity index (χ4v) is 7.50. The molecule has 1 unspecified atom stereocenters. The van der Waals surface area contributed by atoms with Gasteiger partial charge >= 0.3 is 0 Å². The Morgan fingerprint density at radius 1 is 1.00 bits per heavy atom. The summed E-state index contributed by atoms with van der Waals surface area (Å²) in [6.45, 7) is 0. The molecule has 3 atom stereocenters. The quantitative estimate of drug-likeness (QED) is 0.699. The van der Waals surface area contributed by atoms with E-state index in [0.29, 0.717) is 5.56 Å². The lowest BCUT2D eigenvalue weighted by Crippen LogP contribution is -2.37. The van der Waals surface area contributed by atoms with Gasteiger partial charge < -0.3 is 0 Å². The molecule has 4 rings (SSSR count). The molecular formula is C19H24FN2OP. The van der Waals surface area contributed by atoms with Gasteiger partial charge in [-0.3, -0.25) is 4.57 Å². The molecule has 0 bridgehead atoms. The highest BCUT2D eigenvalue weighted by Crippen LogP contribution is 2.70. The number of hydrogen-bond donors (Lipinski definition) is 0. The number of halogens is 1. The molecular weight excluding hydrogens is 322 g/mol. The third kappa shape index (κ3) is 2.28. The van der Waals surface area contributed by atoms with E-state index in [1.54, 1.807) is 6.07 Å². The number of benzene rings is 2. The van der Waals surface area contributed by atoms with E-state index in [-0.39, 0.29) is 12.1 Å². The first kappa shape index (κ1) is 16.3. The minimum Gasteiger partial charge on any atom is -0.285 e. The molecule has 1 aliphatic heterocycles. The van der Waals surface area contributed by atoms with Gasteiger partial charge in [-0.25, -0.2) is 13.7 Å². The minimum atomic E-state index is -3.25. The normalized spacial score (nSPS) is 28.8. The van der Waals surface area contributed by atoms with Gasteiger partial charge in [0.2, 0.25) is 5.91 Å². The third-order valence-corrected chi connectivity index (χ3v) is 9.19. The topological polar surface area (TPSA) is 23.6 Å². The lowest BCUT2D eigenvalue weighted by atomic mass is 9.91. The summed E-state index contributed by atoms with van der Waals surface area (Å²) in [7, 11) is 0.448. The van der Waals surface area contributed by atoms with Crippen molar-refractivity contribution >= 4 is 18.2 Å². The number of likely N-dealkylation sites (N-methyl/N-ethyl adjacent to an activating group) is 2. The maximum atomic E-state index is 15.5. The van der Waals surface area contributed by atoms with Crippen molar-refractivity contribution in [1.29, 1.82) is 0 Å². The largest absolute Gasteiger partial charge is 0.285 e. The van der Waals surface area contributed by atoms with E-state index < -0.39 is 13.4 Å². The van der Waals surface area contributed by atoms with Crippen LogP contribution in [0.2, 0.25) is 0 Å². The maximum Gasteiger partial charge on any atom is 0.254 e. The van der Waals surface area contributed by atoms with Gasteiger partial charge in [0.1, 0.15) is 0 Å². The SMILES string of the molecule is CN1[C@@H]2CCCC[C@H]2N(C)P1(=O)C(F)c1ccc2ccccc2c1. The van der Waals surface area contributed by atoms with Crippen LogP contribution in [0.4, 0.5) is 4.39 Å². The zero-order valence-electron chi connectivity index (χ0n) is 14.2. The molecule has 2 fully saturated rings. The minimum absolute atomic E-state index is 0.216. The molecule has 1 saturated heterocycles. The van der Waals surface area contributed by atoms with Crippen LogP contribution in [0.3, 0.4) is 0 Å². The van der Waals surface area contributed by atoms with Gasteiger partial charge in [0.15, 0.2) is 0 Å². The van der Waals surface area contributed by atoms with Gasteiger partial charge in [-0.05, 0) is 49.3 Å². The number of rotatable bonds is 2. The van der Waals surface area contributed by atoms with Gasteiger partial charge in [-0.15, -0.1) is 0 Å². The highest BCUT2D eigenvalue weighted by Gasteiger charge is 2.56. The average molecular weight is 346 g/mol. The van der Waals surface area contributed by atoms with Gasteiger partial charge in [0.05, 0.1) is 0 Å². The van der Waals surface area contributed by atoms with Crippen LogP contribution in [0, 0.1) is 0 Å². The van der Waals surface area contributed by atoms with Gasteiger partial charge in [-0.1, -0.05) is 49.2 Å². The van der Waals surface area contributed by atoms with Crippen molar-refractivity contribution in [1.82, 2.24) is 9.34 Å². The number of hydrogen-bond acceptors (Lipinski definition) is 1.